The zero-order valence-corrected chi connectivity index (χ0v) is 16.4. The van der Waals surface area contributed by atoms with Gasteiger partial charge in [0.15, 0.2) is 6.04 Å². The molecule has 1 aliphatic rings. The monoisotopic (exact) mass is 411 g/mol. The maximum Gasteiger partial charge on any atom is 0.331 e. The van der Waals surface area contributed by atoms with Crippen LogP contribution >= 0.6 is 24.0 Å². The number of benzene rings is 2. The number of aliphatic carboxylic acids is 1. The molecule has 1 amide bonds. The molecule has 142 valence electrons. The van der Waals surface area contributed by atoms with Gasteiger partial charge in [0.2, 0.25) is 0 Å². The quantitative estimate of drug-likeness (QED) is 0.417. The average molecular weight is 412 g/mol. The van der Waals surface area contributed by atoms with Crippen LogP contribution in [0.3, 0.4) is 0 Å². The Hall–Kier alpha value is -2.90. The smallest absolute Gasteiger partial charge is 0.331 e. The molecule has 0 radical (unpaired) electrons. The maximum atomic E-state index is 13.0. The fourth-order valence-corrected chi connectivity index (χ4v) is 4.06. The summed E-state index contributed by atoms with van der Waals surface area (Å²) in [5, 5.41) is 9.73. The molecule has 1 fully saturated rings. The Morgan fingerprint density at radius 3 is 2.57 bits per heavy atom. The van der Waals surface area contributed by atoms with Gasteiger partial charge in [0.25, 0.3) is 5.91 Å². The van der Waals surface area contributed by atoms with E-state index >= 15 is 0 Å². The van der Waals surface area contributed by atoms with Crippen LogP contribution in [0.1, 0.15) is 17.2 Å². The molecule has 2 aromatic rings. The largest absolute Gasteiger partial charge is 0.489 e. The number of carboxylic acids is 1. The Morgan fingerprint density at radius 2 is 1.89 bits per heavy atom. The number of amides is 1. The number of carbonyl (C=O) groups is 2. The molecule has 3 rings (SSSR count). The van der Waals surface area contributed by atoms with Gasteiger partial charge in [0.05, 0.1) is 4.91 Å². The van der Waals surface area contributed by atoms with E-state index in [9.17, 15) is 14.7 Å². The molecular formula is C21H17NO4S2. The van der Waals surface area contributed by atoms with E-state index < -0.39 is 17.9 Å². The molecule has 0 spiro atoms. The highest BCUT2D eigenvalue weighted by atomic mass is 32.2. The summed E-state index contributed by atoms with van der Waals surface area (Å²) in [6.07, 6.45) is 3.30. The first kappa shape index (κ1) is 19.9. The Morgan fingerprint density at radius 1 is 1.21 bits per heavy atom. The number of para-hydroxylation sites is 1. The fraction of sp³-hybridized carbons (Fsp3) is 0.0952. The van der Waals surface area contributed by atoms with Crippen LogP contribution in [0.2, 0.25) is 0 Å². The lowest BCUT2D eigenvalue weighted by Gasteiger charge is -2.23. The Bertz CT molecular complexity index is 956. The van der Waals surface area contributed by atoms with Crippen LogP contribution in [0.5, 0.6) is 5.75 Å². The topological polar surface area (TPSA) is 66.8 Å². The number of ether oxygens (including phenoxy) is 1. The first-order valence-corrected chi connectivity index (χ1v) is 9.63. The van der Waals surface area contributed by atoms with Crippen LogP contribution in [0.4, 0.5) is 0 Å². The molecule has 0 aliphatic carbocycles. The Balaban J connectivity index is 1.95. The second kappa shape index (κ2) is 8.86. The molecule has 5 nitrogen and oxygen atoms in total. The number of hydrogen-bond donors (Lipinski definition) is 1. The predicted molar refractivity (Wildman–Crippen MR) is 114 cm³/mol. The van der Waals surface area contributed by atoms with Crippen molar-refractivity contribution in [2.75, 3.05) is 6.61 Å². The van der Waals surface area contributed by atoms with E-state index in [-0.39, 0.29) is 4.32 Å². The standard InChI is InChI=1S/C21H17NO4S2/c1-2-12-26-16-11-7-6-10-15(16)13-17-19(23)22(21(27)28-17)18(20(24)25)14-8-4-3-5-9-14/h2-11,13,18H,1,12H2,(H,24,25)/b17-13+/t18-/m0/s1. The highest BCUT2D eigenvalue weighted by Crippen LogP contribution is 2.39. The third kappa shape index (κ3) is 4.16. The van der Waals surface area contributed by atoms with E-state index in [1.165, 1.54) is 0 Å². The van der Waals surface area contributed by atoms with Gasteiger partial charge < -0.3 is 9.84 Å². The first-order valence-electron chi connectivity index (χ1n) is 8.40. The molecule has 0 saturated carbocycles. The Labute approximate surface area is 172 Å². The van der Waals surface area contributed by atoms with Crippen LogP contribution in [0.15, 0.2) is 72.2 Å². The lowest BCUT2D eigenvalue weighted by Crippen LogP contribution is -2.37. The summed E-state index contributed by atoms with van der Waals surface area (Å²) in [5.41, 5.74) is 1.19. The number of hydrogen-bond acceptors (Lipinski definition) is 5. The van der Waals surface area contributed by atoms with Crippen LogP contribution < -0.4 is 4.74 Å². The van der Waals surface area contributed by atoms with E-state index in [0.717, 1.165) is 16.7 Å². The number of thioether (sulfide) groups is 1. The molecule has 0 unspecified atom stereocenters. The van der Waals surface area contributed by atoms with Gasteiger partial charge in [-0.3, -0.25) is 9.69 Å². The van der Waals surface area contributed by atoms with E-state index in [1.807, 2.05) is 18.2 Å². The van der Waals surface area contributed by atoms with Crippen molar-refractivity contribution in [2.45, 2.75) is 6.04 Å². The zero-order chi connectivity index (χ0) is 20.1. The van der Waals surface area contributed by atoms with Crippen molar-refractivity contribution in [1.29, 1.82) is 0 Å². The molecule has 7 heteroatoms. The van der Waals surface area contributed by atoms with Crippen molar-refractivity contribution in [3.63, 3.8) is 0 Å². The van der Waals surface area contributed by atoms with Crippen molar-refractivity contribution < 1.29 is 19.4 Å². The highest BCUT2D eigenvalue weighted by molar-refractivity contribution is 8.26. The summed E-state index contributed by atoms with van der Waals surface area (Å²) in [6.45, 7) is 3.96. The number of nitrogens with zero attached hydrogens (tertiary/aromatic N) is 1. The van der Waals surface area contributed by atoms with Crippen molar-refractivity contribution in [3.8, 4) is 5.75 Å². The lowest BCUT2D eigenvalue weighted by molar-refractivity contribution is -0.145. The van der Waals surface area contributed by atoms with Gasteiger partial charge in [-0.15, -0.1) is 0 Å². The number of thiocarbonyl (C=S) groups is 1. The molecule has 1 atom stereocenters. The summed E-state index contributed by atoms with van der Waals surface area (Å²) in [6, 6.07) is 14.7. The normalized spacial score (nSPS) is 16.3. The van der Waals surface area contributed by atoms with Gasteiger partial charge in [-0.1, -0.05) is 85.2 Å². The van der Waals surface area contributed by atoms with Gasteiger partial charge >= 0.3 is 5.97 Å². The summed E-state index contributed by atoms with van der Waals surface area (Å²) >= 11 is 6.41. The van der Waals surface area contributed by atoms with Gasteiger partial charge in [-0.05, 0) is 17.7 Å². The van der Waals surface area contributed by atoms with E-state index in [4.69, 9.17) is 17.0 Å². The highest BCUT2D eigenvalue weighted by Gasteiger charge is 2.41. The first-order chi connectivity index (χ1) is 13.5. The summed E-state index contributed by atoms with van der Waals surface area (Å²) < 4.78 is 5.82. The molecule has 28 heavy (non-hydrogen) atoms. The van der Waals surface area contributed by atoms with Gasteiger partial charge in [0.1, 0.15) is 16.7 Å². The molecule has 2 aromatic carbocycles. The van der Waals surface area contributed by atoms with Crippen molar-refractivity contribution in [1.82, 2.24) is 4.90 Å². The second-order valence-electron chi connectivity index (χ2n) is 5.84. The third-order valence-corrected chi connectivity index (χ3v) is 5.32. The average Bonchev–Trinajstić information content (AvgIpc) is 2.96. The molecule has 0 bridgehead atoms. The van der Waals surface area contributed by atoms with E-state index in [2.05, 4.69) is 6.58 Å². The molecule has 1 saturated heterocycles. The van der Waals surface area contributed by atoms with Crippen LogP contribution in [-0.4, -0.2) is 32.8 Å². The minimum Gasteiger partial charge on any atom is -0.489 e. The predicted octanol–water partition coefficient (Wildman–Crippen LogP) is 4.28. The van der Waals surface area contributed by atoms with Crippen molar-refractivity contribution >= 4 is 46.3 Å². The number of carboxylic acid groups (broad SMARTS) is 1. The van der Waals surface area contributed by atoms with E-state index in [0.29, 0.717) is 28.4 Å². The molecule has 0 aromatic heterocycles. The van der Waals surface area contributed by atoms with Gasteiger partial charge in [-0.2, -0.15) is 0 Å². The third-order valence-electron chi connectivity index (χ3n) is 3.99. The molecular weight excluding hydrogens is 394 g/mol. The summed E-state index contributed by atoms with van der Waals surface area (Å²) in [7, 11) is 0. The summed E-state index contributed by atoms with van der Waals surface area (Å²) in [5.74, 6) is -0.978. The van der Waals surface area contributed by atoms with Gasteiger partial charge in [0, 0.05) is 5.56 Å². The molecule has 1 N–H and O–H groups in total. The van der Waals surface area contributed by atoms with Crippen molar-refractivity contribution in [2.24, 2.45) is 0 Å². The van der Waals surface area contributed by atoms with E-state index in [1.54, 1.807) is 48.6 Å². The SMILES string of the molecule is C=CCOc1ccccc1/C=C1/SC(=S)N([C@H](C(=O)O)c2ccccc2)C1=O. The number of rotatable bonds is 7. The van der Waals surface area contributed by atoms with Crippen LogP contribution in [0.25, 0.3) is 6.08 Å². The van der Waals surface area contributed by atoms with Crippen LogP contribution in [-0.2, 0) is 9.59 Å². The summed E-state index contributed by atoms with van der Waals surface area (Å²) in [4.78, 5) is 26.4. The zero-order valence-electron chi connectivity index (χ0n) is 14.8. The minimum absolute atomic E-state index is 0.206. The minimum atomic E-state index is -1.17. The lowest BCUT2D eigenvalue weighted by atomic mass is 10.1. The molecule has 1 aliphatic heterocycles. The van der Waals surface area contributed by atoms with Gasteiger partial charge in [-0.25, -0.2) is 4.79 Å². The maximum absolute atomic E-state index is 13.0. The fourth-order valence-electron chi connectivity index (χ4n) is 2.76. The Kier molecular flexibility index (Phi) is 6.28. The second-order valence-corrected chi connectivity index (χ2v) is 7.52. The van der Waals surface area contributed by atoms with Crippen LogP contribution in [0, 0.1) is 0 Å². The number of carbonyl (C=O) groups excluding carboxylic acids is 1. The van der Waals surface area contributed by atoms with Crippen molar-refractivity contribution in [3.05, 3.63) is 83.3 Å². The molecule has 1 heterocycles.